The highest BCUT2D eigenvalue weighted by atomic mass is 16.2. The zero-order valence-corrected chi connectivity index (χ0v) is 10.5. The van der Waals surface area contributed by atoms with Gasteiger partial charge in [0.15, 0.2) is 6.29 Å². The lowest BCUT2D eigenvalue weighted by Gasteiger charge is -2.26. The topological polar surface area (TPSA) is 79.4 Å². The summed E-state index contributed by atoms with van der Waals surface area (Å²) in [5, 5.41) is 2.99. The van der Waals surface area contributed by atoms with Gasteiger partial charge in [0.25, 0.3) is 0 Å². The van der Waals surface area contributed by atoms with Gasteiger partial charge in [0, 0.05) is 35.8 Å². The summed E-state index contributed by atoms with van der Waals surface area (Å²) >= 11 is 0. The molecule has 1 N–H and O–H groups in total. The molecule has 0 unspecified atom stereocenters. The number of hydrogen-bond acceptors (Lipinski definition) is 4. The van der Waals surface area contributed by atoms with Gasteiger partial charge >= 0.3 is 6.03 Å². The average molecular weight is 269 g/mol. The Hall–Kier alpha value is -2.76. The van der Waals surface area contributed by atoms with Gasteiger partial charge in [-0.25, -0.2) is 4.79 Å². The van der Waals surface area contributed by atoms with Crippen molar-refractivity contribution in [2.75, 3.05) is 11.4 Å². The standard InChI is InChI=1S/C14H11N3O3/c18-8-9-6-10(7-12-11(9)2-1-4-15-12)17-5-3-13(19)16-14(17)20/h1-2,4,6-8H,3,5H2,(H,16,19,20). The Morgan fingerprint density at radius 3 is 2.90 bits per heavy atom. The Morgan fingerprint density at radius 1 is 1.30 bits per heavy atom. The minimum atomic E-state index is -0.478. The fraction of sp³-hybridized carbons (Fsp3) is 0.143. The second kappa shape index (κ2) is 4.73. The zero-order valence-electron chi connectivity index (χ0n) is 10.5. The molecule has 2 aromatic rings. The quantitative estimate of drug-likeness (QED) is 0.838. The molecule has 2 heterocycles. The molecule has 0 saturated carbocycles. The molecule has 3 rings (SSSR count). The number of imide groups is 1. The number of fused-ring (bicyclic) bond motifs is 1. The number of aldehydes is 1. The largest absolute Gasteiger partial charge is 0.328 e. The van der Waals surface area contributed by atoms with E-state index >= 15 is 0 Å². The summed E-state index contributed by atoms with van der Waals surface area (Å²) in [5.41, 5.74) is 1.66. The van der Waals surface area contributed by atoms with E-state index in [1.807, 2.05) is 0 Å². The summed E-state index contributed by atoms with van der Waals surface area (Å²) < 4.78 is 0. The lowest BCUT2D eigenvalue weighted by molar-refractivity contribution is -0.120. The maximum atomic E-state index is 11.8. The summed E-state index contributed by atoms with van der Waals surface area (Å²) in [6.45, 7) is 0.293. The lowest BCUT2D eigenvalue weighted by atomic mass is 10.1. The van der Waals surface area contributed by atoms with Crippen molar-refractivity contribution in [1.29, 1.82) is 0 Å². The van der Waals surface area contributed by atoms with Gasteiger partial charge in [-0.2, -0.15) is 0 Å². The predicted molar refractivity (Wildman–Crippen MR) is 72.6 cm³/mol. The van der Waals surface area contributed by atoms with Gasteiger partial charge in [-0.3, -0.25) is 24.8 Å². The van der Waals surface area contributed by atoms with Crippen molar-refractivity contribution in [3.8, 4) is 0 Å². The first kappa shape index (κ1) is 12.3. The first-order chi connectivity index (χ1) is 9.69. The van der Waals surface area contributed by atoms with Crippen molar-refractivity contribution in [2.24, 2.45) is 0 Å². The average Bonchev–Trinajstić information content (AvgIpc) is 2.46. The molecule has 6 nitrogen and oxygen atoms in total. The number of nitrogens with one attached hydrogen (secondary N) is 1. The molecule has 1 aliphatic heterocycles. The van der Waals surface area contributed by atoms with Gasteiger partial charge in [-0.15, -0.1) is 0 Å². The lowest BCUT2D eigenvalue weighted by Crippen LogP contribution is -2.49. The van der Waals surface area contributed by atoms with Crippen LogP contribution in [0.5, 0.6) is 0 Å². The molecule has 0 atom stereocenters. The molecule has 6 heteroatoms. The zero-order chi connectivity index (χ0) is 14.1. The highest BCUT2D eigenvalue weighted by molar-refractivity contribution is 6.07. The molecule has 20 heavy (non-hydrogen) atoms. The van der Waals surface area contributed by atoms with Gasteiger partial charge in [-0.05, 0) is 18.2 Å². The molecule has 1 aromatic heterocycles. The molecule has 0 spiro atoms. The normalized spacial score (nSPS) is 15.3. The van der Waals surface area contributed by atoms with Crippen LogP contribution in [0, 0.1) is 0 Å². The van der Waals surface area contributed by atoms with Gasteiger partial charge < -0.3 is 0 Å². The van der Waals surface area contributed by atoms with Crippen LogP contribution in [-0.4, -0.2) is 29.8 Å². The van der Waals surface area contributed by atoms with E-state index in [0.717, 1.165) is 11.7 Å². The SMILES string of the molecule is O=Cc1cc(N2CCC(=O)NC2=O)cc2ncccc12. The molecule has 0 bridgehead atoms. The van der Waals surface area contributed by atoms with E-state index in [1.54, 1.807) is 30.5 Å². The van der Waals surface area contributed by atoms with Crippen molar-refractivity contribution in [2.45, 2.75) is 6.42 Å². The van der Waals surface area contributed by atoms with Crippen LogP contribution in [0.4, 0.5) is 10.5 Å². The number of aromatic nitrogens is 1. The van der Waals surface area contributed by atoms with E-state index < -0.39 is 6.03 Å². The predicted octanol–water partition coefficient (Wildman–Crippen LogP) is 1.49. The van der Waals surface area contributed by atoms with Crippen LogP contribution in [-0.2, 0) is 4.79 Å². The summed E-state index contributed by atoms with van der Waals surface area (Å²) in [6.07, 6.45) is 2.60. The van der Waals surface area contributed by atoms with Crippen LogP contribution < -0.4 is 10.2 Å². The van der Waals surface area contributed by atoms with Crippen LogP contribution in [0.2, 0.25) is 0 Å². The summed E-state index contributed by atoms with van der Waals surface area (Å²) in [5.74, 6) is -0.291. The third kappa shape index (κ3) is 2.01. The maximum Gasteiger partial charge on any atom is 0.328 e. The smallest absolute Gasteiger partial charge is 0.298 e. The number of rotatable bonds is 2. The number of carbonyl (C=O) groups is 3. The van der Waals surface area contributed by atoms with E-state index in [9.17, 15) is 14.4 Å². The first-order valence-electron chi connectivity index (χ1n) is 6.14. The number of benzene rings is 1. The molecule has 100 valence electrons. The molecule has 3 amide bonds. The highest BCUT2D eigenvalue weighted by Crippen LogP contribution is 2.25. The fourth-order valence-electron chi connectivity index (χ4n) is 2.26. The molecule has 1 saturated heterocycles. The fourth-order valence-corrected chi connectivity index (χ4v) is 2.26. The van der Waals surface area contributed by atoms with Crippen LogP contribution in [0.1, 0.15) is 16.8 Å². The first-order valence-corrected chi connectivity index (χ1v) is 6.14. The molecular formula is C14H11N3O3. The third-order valence-electron chi connectivity index (χ3n) is 3.23. The summed E-state index contributed by atoms with van der Waals surface area (Å²) in [4.78, 5) is 39.8. The van der Waals surface area contributed by atoms with E-state index in [0.29, 0.717) is 23.3 Å². The number of anilines is 1. The van der Waals surface area contributed by atoms with Crippen molar-refractivity contribution in [3.63, 3.8) is 0 Å². The second-order valence-electron chi connectivity index (χ2n) is 4.48. The van der Waals surface area contributed by atoms with Crippen molar-refractivity contribution in [1.82, 2.24) is 10.3 Å². The van der Waals surface area contributed by atoms with Crippen molar-refractivity contribution >= 4 is 34.8 Å². The minimum Gasteiger partial charge on any atom is -0.298 e. The van der Waals surface area contributed by atoms with Crippen LogP contribution in [0.25, 0.3) is 10.9 Å². The van der Waals surface area contributed by atoms with Crippen LogP contribution >= 0.6 is 0 Å². The highest BCUT2D eigenvalue weighted by Gasteiger charge is 2.24. The van der Waals surface area contributed by atoms with Crippen molar-refractivity contribution in [3.05, 3.63) is 36.0 Å². The molecular weight excluding hydrogens is 258 g/mol. The third-order valence-corrected chi connectivity index (χ3v) is 3.23. The Labute approximate surface area is 114 Å². The van der Waals surface area contributed by atoms with Crippen LogP contribution in [0.15, 0.2) is 30.5 Å². The number of carbonyl (C=O) groups excluding carboxylic acids is 3. The molecule has 1 aliphatic rings. The van der Waals surface area contributed by atoms with E-state index in [-0.39, 0.29) is 12.3 Å². The Bertz CT molecular complexity index is 727. The number of urea groups is 1. The minimum absolute atomic E-state index is 0.239. The molecule has 1 aromatic carbocycles. The monoisotopic (exact) mass is 269 g/mol. The summed E-state index contributed by atoms with van der Waals surface area (Å²) in [7, 11) is 0. The van der Waals surface area contributed by atoms with Gasteiger partial charge in [-0.1, -0.05) is 6.07 Å². The molecule has 1 fully saturated rings. The molecule has 0 aliphatic carbocycles. The second-order valence-corrected chi connectivity index (χ2v) is 4.48. The number of pyridine rings is 1. The van der Waals surface area contributed by atoms with Crippen LogP contribution in [0.3, 0.4) is 0 Å². The maximum absolute atomic E-state index is 11.8. The number of hydrogen-bond donors (Lipinski definition) is 1. The van der Waals surface area contributed by atoms with Gasteiger partial charge in [0.1, 0.15) is 0 Å². The van der Waals surface area contributed by atoms with Gasteiger partial charge in [0.2, 0.25) is 5.91 Å². The Balaban J connectivity index is 2.10. The Kier molecular flexibility index (Phi) is 2.90. The van der Waals surface area contributed by atoms with E-state index in [1.165, 1.54) is 4.90 Å². The van der Waals surface area contributed by atoms with E-state index in [4.69, 9.17) is 0 Å². The number of amides is 3. The van der Waals surface area contributed by atoms with E-state index in [2.05, 4.69) is 10.3 Å². The number of nitrogens with zero attached hydrogens (tertiary/aromatic N) is 2. The molecule has 0 radical (unpaired) electrons. The summed E-state index contributed by atoms with van der Waals surface area (Å²) in [6, 6.07) is 6.44. The van der Waals surface area contributed by atoms with Crippen molar-refractivity contribution < 1.29 is 14.4 Å². The Morgan fingerprint density at radius 2 is 2.15 bits per heavy atom. The van der Waals surface area contributed by atoms with Gasteiger partial charge in [0.05, 0.1) is 5.52 Å².